The van der Waals surface area contributed by atoms with Crippen LogP contribution in [0.2, 0.25) is 5.02 Å². The average Bonchev–Trinajstić information content (AvgIpc) is 2.66. The van der Waals surface area contributed by atoms with Gasteiger partial charge in [0.1, 0.15) is 17.6 Å². The minimum Gasteiger partial charge on any atom is -0.453 e. The number of anilines is 1. The molecule has 1 unspecified atom stereocenters. The molecule has 11 heteroatoms. The van der Waals surface area contributed by atoms with E-state index in [1.807, 2.05) is 6.07 Å². The summed E-state index contributed by atoms with van der Waals surface area (Å²) in [5.41, 5.74) is 2.96. The number of pyridine rings is 1. The number of hydrogen-bond acceptors (Lipinski definition) is 6. The summed E-state index contributed by atoms with van der Waals surface area (Å²) >= 11 is 5.95. The number of benzene rings is 1. The molecule has 30 heavy (non-hydrogen) atoms. The van der Waals surface area contributed by atoms with Crippen LogP contribution in [0.3, 0.4) is 0 Å². The topological polar surface area (TPSA) is 113 Å². The van der Waals surface area contributed by atoms with E-state index in [-0.39, 0.29) is 22.0 Å². The number of ether oxygens (including phenoxy) is 1. The Balaban J connectivity index is 1.95. The van der Waals surface area contributed by atoms with Crippen LogP contribution in [-0.4, -0.2) is 28.4 Å². The number of rotatable bonds is 3. The summed E-state index contributed by atoms with van der Waals surface area (Å²) in [6.07, 6.45) is 1.15. The van der Waals surface area contributed by atoms with Crippen molar-refractivity contribution in [1.29, 1.82) is 5.26 Å². The first-order valence-electron chi connectivity index (χ1n) is 8.53. The van der Waals surface area contributed by atoms with Gasteiger partial charge in [0.15, 0.2) is 11.6 Å². The molecular formula is C19H15ClF3N5O2. The molecule has 2 heterocycles. The number of carbonyl (C=O) groups excluding carboxylic acids is 1. The predicted molar refractivity (Wildman–Crippen MR) is 103 cm³/mol. The van der Waals surface area contributed by atoms with Crippen LogP contribution in [0.4, 0.5) is 18.9 Å². The van der Waals surface area contributed by atoms with E-state index < -0.39 is 40.9 Å². The third-order valence-corrected chi connectivity index (χ3v) is 4.78. The Morgan fingerprint density at radius 1 is 1.37 bits per heavy atom. The number of amides is 1. The second-order valence-corrected chi connectivity index (χ2v) is 7.37. The minimum absolute atomic E-state index is 0.00694. The number of halogens is 4. The monoisotopic (exact) mass is 437 g/mol. The number of nitrogens with two attached hydrogens (primary N) is 1. The summed E-state index contributed by atoms with van der Waals surface area (Å²) in [6.45, 7) is 2.23. The molecule has 0 bridgehead atoms. The number of carbonyl (C=O) groups is 1. The van der Waals surface area contributed by atoms with Crippen molar-refractivity contribution in [3.05, 3.63) is 58.1 Å². The number of alkyl halides is 2. The highest BCUT2D eigenvalue weighted by molar-refractivity contribution is 6.34. The van der Waals surface area contributed by atoms with Gasteiger partial charge >= 0.3 is 5.92 Å². The summed E-state index contributed by atoms with van der Waals surface area (Å²) in [6, 6.07) is 3.75. The van der Waals surface area contributed by atoms with Gasteiger partial charge < -0.3 is 15.8 Å². The lowest BCUT2D eigenvalue weighted by Gasteiger charge is -2.41. The van der Waals surface area contributed by atoms with Gasteiger partial charge in [0.25, 0.3) is 11.9 Å². The molecule has 7 nitrogen and oxygen atoms in total. The smallest absolute Gasteiger partial charge is 0.312 e. The van der Waals surface area contributed by atoms with Crippen molar-refractivity contribution < 1.29 is 22.7 Å². The molecule has 0 spiro atoms. The van der Waals surface area contributed by atoms with E-state index in [1.54, 1.807) is 0 Å². The zero-order valence-electron chi connectivity index (χ0n) is 15.7. The molecule has 156 valence electrons. The molecule has 0 fully saturated rings. The molecule has 0 saturated carbocycles. The highest BCUT2D eigenvalue weighted by Crippen LogP contribution is 2.47. The SMILES string of the molecule is CC1(C)OC(N)=NC(c2cc(NC(=O)c3ncc(C#N)cc3Cl)ccc2F)C1(F)F. The maximum absolute atomic E-state index is 14.9. The third-order valence-electron chi connectivity index (χ3n) is 4.50. The molecular weight excluding hydrogens is 423 g/mol. The van der Waals surface area contributed by atoms with E-state index in [0.29, 0.717) is 0 Å². The van der Waals surface area contributed by atoms with Crippen LogP contribution in [0.25, 0.3) is 0 Å². The summed E-state index contributed by atoms with van der Waals surface area (Å²) in [5.74, 6) is -5.33. The quantitative estimate of drug-likeness (QED) is 0.758. The van der Waals surface area contributed by atoms with Crippen LogP contribution in [0.1, 0.15) is 41.5 Å². The predicted octanol–water partition coefficient (Wildman–Crippen LogP) is 3.80. The minimum atomic E-state index is -3.60. The van der Waals surface area contributed by atoms with Crippen molar-refractivity contribution in [2.45, 2.75) is 31.4 Å². The lowest BCUT2D eigenvalue weighted by molar-refractivity contribution is -0.180. The first kappa shape index (κ1) is 21.4. The van der Waals surface area contributed by atoms with Crippen LogP contribution in [0.15, 0.2) is 35.5 Å². The fraction of sp³-hybridized carbons (Fsp3) is 0.263. The maximum Gasteiger partial charge on any atom is 0.312 e. The average molecular weight is 438 g/mol. The number of hydrogen-bond donors (Lipinski definition) is 2. The first-order chi connectivity index (χ1) is 14.0. The second-order valence-electron chi connectivity index (χ2n) is 6.96. The molecule has 0 aliphatic carbocycles. The van der Waals surface area contributed by atoms with Crippen molar-refractivity contribution in [2.24, 2.45) is 10.7 Å². The highest BCUT2D eigenvalue weighted by atomic mass is 35.5. The Kier molecular flexibility index (Phi) is 5.34. The molecule has 1 aliphatic heterocycles. The van der Waals surface area contributed by atoms with Crippen LogP contribution in [0, 0.1) is 17.1 Å². The maximum atomic E-state index is 14.9. The van der Waals surface area contributed by atoms with Crippen molar-refractivity contribution in [2.75, 3.05) is 5.32 Å². The van der Waals surface area contributed by atoms with E-state index in [4.69, 9.17) is 27.3 Å². The van der Waals surface area contributed by atoms with E-state index in [0.717, 1.165) is 32.2 Å². The van der Waals surface area contributed by atoms with Gasteiger partial charge in [0, 0.05) is 17.4 Å². The largest absolute Gasteiger partial charge is 0.453 e. The second kappa shape index (κ2) is 7.50. The van der Waals surface area contributed by atoms with Crippen LogP contribution in [0.5, 0.6) is 0 Å². The summed E-state index contributed by atoms with van der Waals surface area (Å²) < 4.78 is 49.1. The molecule has 1 aromatic carbocycles. The Labute approximate surface area is 174 Å². The lowest BCUT2D eigenvalue weighted by Crippen LogP contribution is -2.54. The zero-order valence-corrected chi connectivity index (χ0v) is 16.5. The van der Waals surface area contributed by atoms with Gasteiger partial charge in [0.05, 0.1) is 10.6 Å². The van der Waals surface area contributed by atoms with Crippen LogP contribution >= 0.6 is 11.6 Å². The highest BCUT2D eigenvalue weighted by Gasteiger charge is 2.59. The Bertz CT molecular complexity index is 1100. The fourth-order valence-electron chi connectivity index (χ4n) is 2.85. The number of aliphatic imine (C=N–C) groups is 1. The summed E-state index contributed by atoms with van der Waals surface area (Å²) in [4.78, 5) is 19.8. The van der Waals surface area contributed by atoms with E-state index in [9.17, 15) is 18.0 Å². The third kappa shape index (κ3) is 3.76. The molecule has 3 N–H and O–H groups in total. The molecule has 1 atom stereocenters. The Hall–Kier alpha value is -3.32. The molecule has 3 rings (SSSR count). The van der Waals surface area contributed by atoms with Gasteiger partial charge in [-0.1, -0.05) is 11.6 Å². The molecule has 1 aromatic heterocycles. The fourth-order valence-corrected chi connectivity index (χ4v) is 3.10. The van der Waals surface area contributed by atoms with Crippen molar-refractivity contribution in [1.82, 2.24) is 4.98 Å². The molecule has 1 amide bonds. The van der Waals surface area contributed by atoms with Crippen LogP contribution < -0.4 is 11.1 Å². The zero-order chi connectivity index (χ0) is 22.3. The lowest BCUT2D eigenvalue weighted by atomic mass is 9.88. The van der Waals surface area contributed by atoms with Crippen LogP contribution in [-0.2, 0) is 4.74 Å². The van der Waals surface area contributed by atoms with Gasteiger partial charge in [0.2, 0.25) is 0 Å². The normalized spacial score (nSPS) is 19.2. The van der Waals surface area contributed by atoms with Gasteiger partial charge in [-0.2, -0.15) is 14.0 Å². The summed E-state index contributed by atoms with van der Waals surface area (Å²) in [5, 5.41) is 11.2. The number of amidine groups is 1. The van der Waals surface area contributed by atoms with Gasteiger partial charge in [-0.3, -0.25) is 4.79 Å². The number of nitrogens with one attached hydrogen (secondary N) is 1. The van der Waals surface area contributed by atoms with E-state index >= 15 is 0 Å². The van der Waals surface area contributed by atoms with E-state index in [1.165, 1.54) is 12.1 Å². The van der Waals surface area contributed by atoms with Crippen molar-refractivity contribution in [3.8, 4) is 6.07 Å². The van der Waals surface area contributed by atoms with E-state index in [2.05, 4.69) is 15.3 Å². The molecule has 0 radical (unpaired) electrons. The molecule has 0 saturated heterocycles. The standard InChI is InChI=1S/C19H15ClF3N5O2/c1-18(2)19(22,23)15(28-17(25)30-18)11-6-10(3-4-13(11)21)27-16(29)14-12(20)5-9(7-24)8-26-14/h3-6,8,15H,1-2H3,(H2,25,28)(H,27,29). The Morgan fingerprint density at radius 2 is 2.07 bits per heavy atom. The number of aromatic nitrogens is 1. The number of nitrogens with zero attached hydrogens (tertiary/aromatic N) is 3. The molecule has 2 aromatic rings. The first-order valence-corrected chi connectivity index (χ1v) is 8.90. The van der Waals surface area contributed by atoms with Gasteiger partial charge in [-0.15, -0.1) is 0 Å². The van der Waals surface area contributed by atoms with Crippen molar-refractivity contribution >= 4 is 29.2 Å². The van der Waals surface area contributed by atoms with Gasteiger partial charge in [-0.25, -0.2) is 14.4 Å². The Morgan fingerprint density at radius 3 is 2.70 bits per heavy atom. The number of nitriles is 1. The molecule has 1 aliphatic rings. The summed E-state index contributed by atoms with van der Waals surface area (Å²) in [7, 11) is 0. The van der Waals surface area contributed by atoms with Gasteiger partial charge in [-0.05, 0) is 38.1 Å². The van der Waals surface area contributed by atoms with Crippen molar-refractivity contribution in [3.63, 3.8) is 0 Å².